The Bertz CT molecular complexity index is 508. The summed E-state index contributed by atoms with van der Waals surface area (Å²) in [5.41, 5.74) is 1.48. The van der Waals surface area contributed by atoms with Crippen molar-refractivity contribution in [1.82, 2.24) is 0 Å². The molecule has 1 aromatic heterocycles. The molecular formula is C14H15BrOS. The van der Waals surface area contributed by atoms with E-state index >= 15 is 0 Å². The number of alkyl halides is 1. The van der Waals surface area contributed by atoms with Gasteiger partial charge in [-0.25, -0.2) is 0 Å². The normalized spacial score (nSPS) is 25.2. The van der Waals surface area contributed by atoms with Crippen LogP contribution in [0.5, 0.6) is 0 Å². The van der Waals surface area contributed by atoms with Crippen LogP contribution < -0.4 is 0 Å². The van der Waals surface area contributed by atoms with E-state index in [-0.39, 0.29) is 0 Å². The van der Waals surface area contributed by atoms with Crippen molar-refractivity contribution in [3.63, 3.8) is 0 Å². The molecular weight excluding hydrogens is 296 g/mol. The number of thiophene rings is 1. The van der Waals surface area contributed by atoms with Gasteiger partial charge in [0.1, 0.15) is 0 Å². The number of halogens is 1. The predicted molar refractivity (Wildman–Crippen MR) is 77.2 cm³/mol. The van der Waals surface area contributed by atoms with Crippen LogP contribution in [0.25, 0.3) is 10.1 Å². The minimum Gasteiger partial charge on any atom is -0.381 e. The molecule has 1 fully saturated rings. The van der Waals surface area contributed by atoms with Crippen molar-refractivity contribution in [2.75, 3.05) is 13.2 Å². The summed E-state index contributed by atoms with van der Waals surface area (Å²) < 4.78 is 6.98. The molecule has 1 saturated heterocycles. The van der Waals surface area contributed by atoms with Crippen molar-refractivity contribution in [2.45, 2.75) is 17.7 Å². The Balaban J connectivity index is 1.84. The molecule has 0 bridgehead atoms. The summed E-state index contributed by atoms with van der Waals surface area (Å²) in [6.45, 7) is 1.79. The van der Waals surface area contributed by atoms with Crippen molar-refractivity contribution in [2.24, 2.45) is 5.92 Å². The quantitative estimate of drug-likeness (QED) is 0.754. The molecule has 1 aliphatic heterocycles. The minimum atomic E-state index is 0.606. The van der Waals surface area contributed by atoms with Gasteiger partial charge in [0, 0.05) is 16.1 Å². The Hall–Kier alpha value is -0.380. The highest BCUT2D eigenvalue weighted by Crippen LogP contribution is 2.31. The van der Waals surface area contributed by atoms with Crippen molar-refractivity contribution >= 4 is 37.4 Å². The van der Waals surface area contributed by atoms with Gasteiger partial charge < -0.3 is 4.74 Å². The third-order valence-electron chi connectivity index (χ3n) is 3.42. The highest BCUT2D eigenvalue weighted by molar-refractivity contribution is 9.09. The molecule has 3 rings (SSSR count). The Morgan fingerprint density at radius 3 is 3.12 bits per heavy atom. The van der Waals surface area contributed by atoms with E-state index in [1.165, 1.54) is 15.6 Å². The second-order valence-electron chi connectivity index (χ2n) is 4.60. The largest absolute Gasteiger partial charge is 0.381 e. The second-order valence-corrected chi connectivity index (χ2v) is 6.69. The van der Waals surface area contributed by atoms with Crippen LogP contribution in [0.1, 0.15) is 12.0 Å². The summed E-state index contributed by atoms with van der Waals surface area (Å²) in [5, 5.41) is 3.72. The minimum absolute atomic E-state index is 0.606. The van der Waals surface area contributed by atoms with Crippen LogP contribution in [-0.2, 0) is 11.2 Å². The van der Waals surface area contributed by atoms with Crippen LogP contribution in [0, 0.1) is 5.92 Å². The topological polar surface area (TPSA) is 9.23 Å². The third kappa shape index (κ3) is 2.42. The van der Waals surface area contributed by atoms with E-state index in [0.717, 1.165) is 26.1 Å². The average Bonchev–Trinajstić information content (AvgIpc) is 2.76. The van der Waals surface area contributed by atoms with Gasteiger partial charge in [0.25, 0.3) is 0 Å². The zero-order chi connectivity index (χ0) is 11.7. The molecule has 1 aromatic carbocycles. The summed E-state index contributed by atoms with van der Waals surface area (Å²) in [6.07, 6.45) is 2.26. The highest BCUT2D eigenvalue weighted by atomic mass is 79.9. The Labute approximate surface area is 114 Å². The van der Waals surface area contributed by atoms with Gasteiger partial charge in [-0.05, 0) is 41.2 Å². The molecule has 1 aliphatic rings. The summed E-state index contributed by atoms with van der Waals surface area (Å²) >= 11 is 5.64. The van der Waals surface area contributed by atoms with Crippen molar-refractivity contribution in [1.29, 1.82) is 0 Å². The second kappa shape index (κ2) is 5.09. The molecule has 17 heavy (non-hydrogen) atoms. The van der Waals surface area contributed by atoms with Gasteiger partial charge in [-0.15, -0.1) is 11.3 Å². The molecule has 0 amide bonds. The van der Waals surface area contributed by atoms with Gasteiger partial charge in [0.15, 0.2) is 0 Å². The van der Waals surface area contributed by atoms with E-state index in [1.54, 1.807) is 0 Å². The number of hydrogen-bond acceptors (Lipinski definition) is 2. The Kier molecular flexibility index (Phi) is 3.50. The molecule has 1 nitrogen and oxygen atoms in total. The summed E-state index contributed by atoms with van der Waals surface area (Å²) in [6, 6.07) is 8.67. The summed E-state index contributed by atoms with van der Waals surface area (Å²) in [5.74, 6) is 0.613. The van der Waals surface area contributed by atoms with Gasteiger partial charge in [-0.1, -0.05) is 34.1 Å². The van der Waals surface area contributed by atoms with Gasteiger partial charge in [-0.2, -0.15) is 0 Å². The first-order chi connectivity index (χ1) is 8.34. The van der Waals surface area contributed by atoms with E-state index in [1.807, 2.05) is 11.3 Å². The van der Waals surface area contributed by atoms with Crippen molar-refractivity contribution in [3.8, 4) is 0 Å². The maximum Gasteiger partial charge on any atom is 0.0508 e. The number of benzene rings is 1. The molecule has 2 heterocycles. The molecule has 0 radical (unpaired) electrons. The average molecular weight is 311 g/mol. The van der Waals surface area contributed by atoms with Gasteiger partial charge in [-0.3, -0.25) is 0 Å². The highest BCUT2D eigenvalue weighted by Gasteiger charge is 2.24. The molecule has 2 unspecified atom stereocenters. The SMILES string of the molecule is BrC1CCOCC1Cc1csc2ccccc12. The van der Waals surface area contributed by atoms with Crippen LogP contribution in [0.2, 0.25) is 0 Å². The zero-order valence-corrected chi connectivity index (χ0v) is 12.0. The number of hydrogen-bond donors (Lipinski definition) is 0. The Morgan fingerprint density at radius 1 is 1.35 bits per heavy atom. The number of ether oxygens (including phenoxy) is 1. The first kappa shape index (κ1) is 11.7. The zero-order valence-electron chi connectivity index (χ0n) is 9.56. The first-order valence-electron chi connectivity index (χ1n) is 6.01. The lowest BCUT2D eigenvalue weighted by atomic mass is 9.94. The Morgan fingerprint density at radius 2 is 2.24 bits per heavy atom. The molecule has 0 saturated carbocycles. The summed E-state index contributed by atoms with van der Waals surface area (Å²) in [7, 11) is 0. The molecule has 90 valence electrons. The molecule has 3 heteroatoms. The van der Waals surface area contributed by atoms with Gasteiger partial charge in [0.05, 0.1) is 6.61 Å². The lowest BCUT2D eigenvalue weighted by molar-refractivity contribution is 0.0607. The van der Waals surface area contributed by atoms with E-state index in [0.29, 0.717) is 10.7 Å². The van der Waals surface area contributed by atoms with Crippen LogP contribution in [-0.4, -0.2) is 18.0 Å². The smallest absolute Gasteiger partial charge is 0.0508 e. The first-order valence-corrected chi connectivity index (χ1v) is 7.81. The molecule has 2 atom stereocenters. The van der Waals surface area contributed by atoms with Gasteiger partial charge >= 0.3 is 0 Å². The lowest BCUT2D eigenvalue weighted by Gasteiger charge is -2.27. The molecule has 0 N–H and O–H groups in total. The molecule has 0 aliphatic carbocycles. The van der Waals surface area contributed by atoms with Crippen LogP contribution in [0.15, 0.2) is 29.6 Å². The van der Waals surface area contributed by atoms with Crippen LogP contribution in [0.4, 0.5) is 0 Å². The molecule has 0 spiro atoms. The lowest BCUT2D eigenvalue weighted by Crippen LogP contribution is -2.29. The van der Waals surface area contributed by atoms with Gasteiger partial charge in [0.2, 0.25) is 0 Å². The molecule has 2 aromatic rings. The van der Waals surface area contributed by atoms with Crippen molar-refractivity contribution < 1.29 is 4.74 Å². The van der Waals surface area contributed by atoms with E-state index in [9.17, 15) is 0 Å². The monoisotopic (exact) mass is 310 g/mol. The predicted octanol–water partition coefficient (Wildman–Crippen LogP) is 4.24. The fourth-order valence-corrected chi connectivity index (χ4v) is 3.93. The fraction of sp³-hybridized carbons (Fsp3) is 0.429. The van der Waals surface area contributed by atoms with Crippen LogP contribution >= 0.6 is 27.3 Å². The maximum absolute atomic E-state index is 5.59. The number of fused-ring (bicyclic) bond motifs is 1. The van der Waals surface area contributed by atoms with E-state index < -0.39 is 0 Å². The summed E-state index contributed by atoms with van der Waals surface area (Å²) in [4.78, 5) is 0.606. The fourth-order valence-electron chi connectivity index (χ4n) is 2.43. The number of rotatable bonds is 2. The van der Waals surface area contributed by atoms with Crippen molar-refractivity contribution in [3.05, 3.63) is 35.2 Å². The van der Waals surface area contributed by atoms with E-state index in [2.05, 4.69) is 45.6 Å². The third-order valence-corrected chi connectivity index (χ3v) is 5.64. The maximum atomic E-state index is 5.59. The standard InChI is InChI=1S/C14H15BrOS/c15-13-5-6-16-8-10(13)7-11-9-17-14-4-2-1-3-12(11)14/h1-4,9-10,13H,5-8H2. The van der Waals surface area contributed by atoms with Crippen LogP contribution in [0.3, 0.4) is 0 Å². The van der Waals surface area contributed by atoms with E-state index in [4.69, 9.17) is 4.74 Å².